The highest BCUT2D eigenvalue weighted by molar-refractivity contribution is 6.38. The second-order valence-corrected chi connectivity index (χ2v) is 7.03. The summed E-state index contributed by atoms with van der Waals surface area (Å²) in [6.07, 6.45) is 3.58. The lowest BCUT2D eigenvalue weighted by Crippen LogP contribution is -2.33. The van der Waals surface area contributed by atoms with Crippen LogP contribution in [0.25, 0.3) is 10.9 Å². The van der Waals surface area contributed by atoms with Crippen LogP contribution in [0, 0.1) is 0 Å². The van der Waals surface area contributed by atoms with Gasteiger partial charge in [0.2, 0.25) is 0 Å². The van der Waals surface area contributed by atoms with Crippen LogP contribution in [0.1, 0.15) is 22.1 Å². The zero-order valence-electron chi connectivity index (χ0n) is 14.2. The average molecular weight is 358 g/mol. The van der Waals surface area contributed by atoms with Gasteiger partial charge in [0.15, 0.2) is 0 Å². The zero-order chi connectivity index (χ0) is 17.7. The number of hydrogen-bond acceptors (Lipinski definition) is 3. The van der Waals surface area contributed by atoms with E-state index in [1.165, 1.54) is 0 Å². The van der Waals surface area contributed by atoms with E-state index in [2.05, 4.69) is 4.98 Å². The van der Waals surface area contributed by atoms with Crippen molar-refractivity contribution in [1.82, 2.24) is 19.0 Å². The number of nitrogens with zero attached hydrogens (tertiary/aromatic N) is 4. The molecular weight excluding hydrogens is 338 g/mol. The topological polar surface area (TPSA) is 69.1 Å². The van der Waals surface area contributed by atoms with Crippen LogP contribution >= 0.6 is 11.6 Å². The highest BCUT2D eigenvalue weighted by Gasteiger charge is 2.37. The fourth-order valence-corrected chi connectivity index (χ4v) is 4.13. The maximum absolute atomic E-state index is 13.1. The highest BCUT2D eigenvalue weighted by atomic mass is 35.5. The maximum Gasteiger partial charge on any atom is 0.272 e. The standard InChI is InChI=1S/C18H20ClN5O/c1-22-10-21-7-15(22)12-8-24(9-13(12)20)18(25)17-16(19)11-5-3-4-6-14(11)23(17)2/h3-7,10,12-13H,8-9,20H2,1-2H3/t12-,13-/m1/s1. The Balaban J connectivity index is 1.68. The second-order valence-electron chi connectivity index (χ2n) is 6.65. The van der Waals surface area contributed by atoms with E-state index in [9.17, 15) is 4.79 Å². The number of fused-ring (bicyclic) bond motifs is 1. The predicted octanol–water partition coefficient (Wildman–Crippen LogP) is 2.13. The first-order chi connectivity index (χ1) is 12.0. The number of rotatable bonds is 2. The van der Waals surface area contributed by atoms with Gasteiger partial charge in [-0.05, 0) is 6.07 Å². The van der Waals surface area contributed by atoms with Crippen molar-refractivity contribution < 1.29 is 4.79 Å². The van der Waals surface area contributed by atoms with Crippen molar-refractivity contribution in [2.75, 3.05) is 13.1 Å². The first-order valence-electron chi connectivity index (χ1n) is 8.23. The van der Waals surface area contributed by atoms with E-state index in [1.54, 1.807) is 11.2 Å². The Morgan fingerprint density at radius 1 is 1.28 bits per heavy atom. The number of carbonyl (C=O) groups is 1. The van der Waals surface area contributed by atoms with Gasteiger partial charge in [-0.15, -0.1) is 0 Å². The molecule has 1 saturated heterocycles. The molecule has 0 unspecified atom stereocenters. The molecule has 3 aromatic rings. The minimum Gasteiger partial charge on any atom is -0.338 e. The fraction of sp³-hybridized carbons (Fsp3) is 0.333. The lowest BCUT2D eigenvalue weighted by molar-refractivity contribution is 0.0780. The van der Waals surface area contributed by atoms with Crippen molar-refractivity contribution in [2.24, 2.45) is 19.8 Å². The third kappa shape index (κ3) is 2.44. The summed E-state index contributed by atoms with van der Waals surface area (Å²) in [7, 11) is 3.82. The van der Waals surface area contributed by atoms with E-state index >= 15 is 0 Å². The average Bonchev–Trinajstić information content (AvgIpc) is 3.25. The molecule has 130 valence electrons. The number of carbonyl (C=O) groups excluding carboxylic acids is 1. The number of amides is 1. The van der Waals surface area contributed by atoms with Crippen molar-refractivity contribution in [3.8, 4) is 0 Å². The number of nitrogens with two attached hydrogens (primary N) is 1. The van der Waals surface area contributed by atoms with E-state index in [0.717, 1.165) is 16.6 Å². The predicted molar refractivity (Wildman–Crippen MR) is 97.8 cm³/mol. The summed E-state index contributed by atoms with van der Waals surface area (Å²) in [5.41, 5.74) is 8.83. The summed E-state index contributed by atoms with van der Waals surface area (Å²) < 4.78 is 3.82. The van der Waals surface area contributed by atoms with Gasteiger partial charge in [0.05, 0.1) is 11.3 Å². The summed E-state index contributed by atoms with van der Waals surface area (Å²) >= 11 is 6.52. The third-order valence-electron chi connectivity index (χ3n) is 5.13. The molecule has 1 aliphatic heterocycles. The molecule has 0 radical (unpaired) electrons. The number of aryl methyl sites for hydroxylation is 2. The molecule has 7 heteroatoms. The van der Waals surface area contributed by atoms with Gasteiger partial charge in [-0.2, -0.15) is 0 Å². The molecule has 1 aromatic carbocycles. The maximum atomic E-state index is 13.1. The van der Waals surface area contributed by atoms with Crippen LogP contribution in [-0.4, -0.2) is 44.1 Å². The number of aromatic nitrogens is 3. The first kappa shape index (κ1) is 16.2. The van der Waals surface area contributed by atoms with E-state index in [-0.39, 0.29) is 17.9 Å². The molecule has 0 saturated carbocycles. The summed E-state index contributed by atoms with van der Waals surface area (Å²) in [5.74, 6) is -0.00581. The minimum atomic E-state index is -0.118. The van der Waals surface area contributed by atoms with Gasteiger partial charge in [-0.25, -0.2) is 4.98 Å². The number of hydrogen-bond donors (Lipinski definition) is 1. The molecule has 0 bridgehead atoms. The Bertz CT molecular complexity index is 921. The fourth-order valence-electron chi connectivity index (χ4n) is 3.77. The summed E-state index contributed by atoms with van der Waals surface area (Å²) in [6.45, 7) is 1.07. The Morgan fingerprint density at radius 2 is 2.04 bits per heavy atom. The van der Waals surface area contributed by atoms with Gasteiger partial charge < -0.3 is 19.8 Å². The van der Waals surface area contributed by atoms with Crippen LogP contribution in [0.4, 0.5) is 0 Å². The van der Waals surface area contributed by atoms with Gasteiger partial charge in [0.1, 0.15) is 5.69 Å². The van der Waals surface area contributed by atoms with Crippen molar-refractivity contribution in [3.63, 3.8) is 0 Å². The Hall–Kier alpha value is -2.31. The van der Waals surface area contributed by atoms with E-state index in [0.29, 0.717) is 23.8 Å². The molecule has 2 N–H and O–H groups in total. The van der Waals surface area contributed by atoms with Gasteiger partial charge in [0, 0.05) is 61.9 Å². The quantitative estimate of drug-likeness (QED) is 0.764. The molecule has 25 heavy (non-hydrogen) atoms. The zero-order valence-corrected chi connectivity index (χ0v) is 14.9. The van der Waals surface area contributed by atoms with E-state index in [1.807, 2.05) is 53.7 Å². The van der Waals surface area contributed by atoms with Gasteiger partial charge in [0.25, 0.3) is 5.91 Å². The third-order valence-corrected chi connectivity index (χ3v) is 5.52. The van der Waals surface area contributed by atoms with Crippen LogP contribution in [0.5, 0.6) is 0 Å². The number of para-hydroxylation sites is 1. The first-order valence-corrected chi connectivity index (χ1v) is 8.60. The molecular formula is C18H20ClN5O. The highest BCUT2D eigenvalue weighted by Crippen LogP contribution is 2.33. The molecule has 3 heterocycles. The molecule has 6 nitrogen and oxygen atoms in total. The number of benzene rings is 1. The largest absolute Gasteiger partial charge is 0.338 e. The Kier molecular flexibility index (Phi) is 3.81. The monoisotopic (exact) mass is 357 g/mol. The normalized spacial score (nSPS) is 20.6. The van der Waals surface area contributed by atoms with Gasteiger partial charge >= 0.3 is 0 Å². The number of halogens is 1. The molecule has 1 fully saturated rings. The molecule has 2 atom stereocenters. The SMILES string of the molecule is Cn1cncc1[C@@H]1CN(C(=O)c2c(Cl)c3ccccc3n2C)C[C@H]1N. The van der Waals surface area contributed by atoms with Crippen molar-refractivity contribution >= 4 is 28.4 Å². The Labute approximate surface area is 150 Å². The Morgan fingerprint density at radius 3 is 2.72 bits per heavy atom. The molecule has 0 aliphatic carbocycles. The number of imidazole rings is 1. The second kappa shape index (κ2) is 5.89. The van der Waals surface area contributed by atoms with E-state index in [4.69, 9.17) is 17.3 Å². The van der Waals surface area contributed by atoms with Crippen LogP contribution in [-0.2, 0) is 14.1 Å². The summed E-state index contributed by atoms with van der Waals surface area (Å²) in [5, 5.41) is 1.39. The summed E-state index contributed by atoms with van der Waals surface area (Å²) in [4.78, 5) is 19.1. The van der Waals surface area contributed by atoms with Crippen molar-refractivity contribution in [2.45, 2.75) is 12.0 Å². The lowest BCUT2D eigenvalue weighted by atomic mass is 10.0. The molecule has 0 spiro atoms. The van der Waals surface area contributed by atoms with Gasteiger partial charge in [-0.1, -0.05) is 29.8 Å². The molecule has 1 aliphatic rings. The van der Waals surface area contributed by atoms with Crippen LogP contribution in [0.2, 0.25) is 5.02 Å². The number of likely N-dealkylation sites (tertiary alicyclic amines) is 1. The molecule has 1 amide bonds. The lowest BCUT2D eigenvalue weighted by Gasteiger charge is -2.17. The van der Waals surface area contributed by atoms with Crippen LogP contribution in [0.15, 0.2) is 36.8 Å². The van der Waals surface area contributed by atoms with Gasteiger partial charge in [-0.3, -0.25) is 4.79 Å². The minimum absolute atomic E-state index is 0.0740. The molecule has 2 aromatic heterocycles. The van der Waals surface area contributed by atoms with E-state index < -0.39 is 0 Å². The van der Waals surface area contributed by atoms with Crippen molar-refractivity contribution in [3.05, 3.63) is 53.2 Å². The smallest absolute Gasteiger partial charge is 0.272 e. The molecule has 4 rings (SSSR count). The van der Waals surface area contributed by atoms with Crippen LogP contribution < -0.4 is 5.73 Å². The summed E-state index contributed by atoms with van der Waals surface area (Å²) in [6, 6.07) is 7.64. The van der Waals surface area contributed by atoms with Crippen LogP contribution in [0.3, 0.4) is 0 Å². The van der Waals surface area contributed by atoms with Crippen molar-refractivity contribution in [1.29, 1.82) is 0 Å².